The molecule has 2 aromatic carbocycles. The van der Waals surface area contributed by atoms with Gasteiger partial charge in [-0.2, -0.15) is 0 Å². The quantitative estimate of drug-likeness (QED) is 0.532. The molecule has 4 aromatic rings. The molecule has 8 nitrogen and oxygen atoms in total. The van der Waals surface area contributed by atoms with Crippen LogP contribution in [0.2, 0.25) is 0 Å². The van der Waals surface area contributed by atoms with E-state index < -0.39 is 5.91 Å². The van der Waals surface area contributed by atoms with Crippen LogP contribution in [0.1, 0.15) is 16.1 Å². The van der Waals surface area contributed by atoms with Gasteiger partial charge in [-0.3, -0.25) is 9.36 Å². The van der Waals surface area contributed by atoms with Crippen LogP contribution in [0.15, 0.2) is 54.6 Å². The summed E-state index contributed by atoms with van der Waals surface area (Å²) < 4.78 is 1.99. The van der Waals surface area contributed by atoms with E-state index in [9.17, 15) is 4.79 Å². The van der Waals surface area contributed by atoms with E-state index in [1.165, 1.54) is 0 Å². The first-order valence-electron chi connectivity index (χ1n) is 10.3. The van der Waals surface area contributed by atoms with Crippen LogP contribution in [-0.2, 0) is 0 Å². The minimum Gasteiger partial charge on any atom is -0.364 e. The van der Waals surface area contributed by atoms with E-state index in [1.807, 2.05) is 66.1 Å². The molecule has 1 aliphatic rings. The van der Waals surface area contributed by atoms with E-state index in [2.05, 4.69) is 15.2 Å². The fourth-order valence-corrected chi connectivity index (χ4v) is 3.84. The molecule has 1 aliphatic heterocycles. The molecule has 3 heterocycles. The van der Waals surface area contributed by atoms with Gasteiger partial charge in [0.15, 0.2) is 17.2 Å². The van der Waals surface area contributed by atoms with Gasteiger partial charge in [0.1, 0.15) is 5.52 Å². The Labute approximate surface area is 179 Å². The number of piperazine rings is 1. The Balaban J connectivity index is 1.80. The van der Waals surface area contributed by atoms with E-state index >= 15 is 0 Å². The molecule has 0 aliphatic carbocycles. The third-order valence-electron chi connectivity index (χ3n) is 5.45. The molecule has 0 unspecified atom stereocenters. The lowest BCUT2D eigenvalue weighted by Gasteiger charge is -2.28. The number of hydrogen-bond acceptors (Lipinski definition) is 6. The van der Waals surface area contributed by atoms with E-state index in [-0.39, 0.29) is 5.69 Å². The molecular formula is C23H23N7O. The van der Waals surface area contributed by atoms with Crippen LogP contribution >= 0.6 is 0 Å². The van der Waals surface area contributed by atoms with Crippen molar-refractivity contribution < 1.29 is 4.79 Å². The van der Waals surface area contributed by atoms with Crippen molar-refractivity contribution in [3.8, 4) is 17.1 Å². The Bertz CT molecular complexity index is 1240. The number of aromatic nitrogens is 4. The van der Waals surface area contributed by atoms with Gasteiger partial charge in [0.2, 0.25) is 5.95 Å². The summed E-state index contributed by atoms with van der Waals surface area (Å²) in [5.41, 5.74) is 9.71. The van der Waals surface area contributed by atoms with Crippen molar-refractivity contribution in [3.63, 3.8) is 0 Å². The van der Waals surface area contributed by atoms with Crippen molar-refractivity contribution >= 4 is 23.0 Å². The molecule has 5 rings (SSSR count). The fraction of sp³-hybridized carbons (Fsp3) is 0.217. The van der Waals surface area contributed by atoms with Crippen molar-refractivity contribution in [2.24, 2.45) is 5.73 Å². The van der Waals surface area contributed by atoms with Gasteiger partial charge in [0.25, 0.3) is 5.91 Å². The van der Waals surface area contributed by atoms with Crippen molar-refractivity contribution in [2.75, 3.05) is 31.1 Å². The number of imidazole rings is 1. The molecule has 156 valence electrons. The highest BCUT2D eigenvalue weighted by Gasteiger charge is 2.25. The highest BCUT2D eigenvalue weighted by atomic mass is 16.1. The maximum atomic E-state index is 12.3. The lowest BCUT2D eigenvalue weighted by atomic mass is 10.1. The zero-order valence-corrected chi connectivity index (χ0v) is 17.2. The van der Waals surface area contributed by atoms with E-state index in [0.717, 1.165) is 48.9 Å². The van der Waals surface area contributed by atoms with Crippen LogP contribution in [-0.4, -0.2) is 51.6 Å². The van der Waals surface area contributed by atoms with Gasteiger partial charge in [-0.15, -0.1) is 0 Å². The number of amides is 1. The van der Waals surface area contributed by atoms with Gasteiger partial charge in [-0.05, 0) is 19.1 Å². The summed E-state index contributed by atoms with van der Waals surface area (Å²) in [6.07, 6.45) is 0. The monoisotopic (exact) mass is 413 g/mol. The van der Waals surface area contributed by atoms with Crippen LogP contribution in [0.5, 0.6) is 0 Å². The summed E-state index contributed by atoms with van der Waals surface area (Å²) in [5, 5.41) is 3.36. The predicted molar refractivity (Wildman–Crippen MR) is 120 cm³/mol. The normalized spacial score (nSPS) is 14.2. The van der Waals surface area contributed by atoms with E-state index in [1.54, 1.807) is 0 Å². The molecule has 1 saturated heterocycles. The third kappa shape index (κ3) is 3.51. The van der Waals surface area contributed by atoms with Gasteiger partial charge in [-0.1, -0.05) is 48.0 Å². The first-order chi connectivity index (χ1) is 15.1. The third-order valence-corrected chi connectivity index (χ3v) is 5.45. The second kappa shape index (κ2) is 7.81. The van der Waals surface area contributed by atoms with Crippen molar-refractivity contribution in [2.45, 2.75) is 6.92 Å². The van der Waals surface area contributed by atoms with E-state index in [0.29, 0.717) is 17.0 Å². The Morgan fingerprint density at radius 1 is 0.968 bits per heavy atom. The number of nitrogens with one attached hydrogen (secondary N) is 1. The molecule has 0 radical (unpaired) electrons. The number of carbonyl (C=O) groups excluding carboxylic acids is 1. The molecule has 0 atom stereocenters. The standard InChI is InChI=1S/C23H23N7O/c1-15-7-9-16(10-8-15)21-26-18(20(24)31)19-22(28-21)30(17-5-3-2-4-6-17)23(27-19)29-13-11-25-12-14-29/h2-10,25H,11-14H2,1H3,(H2,24,31). The topological polar surface area (TPSA) is 102 Å². The van der Waals surface area contributed by atoms with Crippen molar-refractivity contribution in [1.82, 2.24) is 24.8 Å². The lowest BCUT2D eigenvalue weighted by molar-refractivity contribution is 0.0997. The molecule has 0 saturated carbocycles. The zero-order chi connectivity index (χ0) is 21.4. The minimum absolute atomic E-state index is 0.131. The largest absolute Gasteiger partial charge is 0.364 e. The lowest BCUT2D eigenvalue weighted by Crippen LogP contribution is -2.44. The zero-order valence-electron chi connectivity index (χ0n) is 17.2. The van der Waals surface area contributed by atoms with Crippen LogP contribution in [0.25, 0.3) is 28.2 Å². The molecule has 2 aromatic heterocycles. The Hall–Kier alpha value is -3.78. The number of anilines is 1. The average Bonchev–Trinajstić information content (AvgIpc) is 3.19. The van der Waals surface area contributed by atoms with Gasteiger partial charge >= 0.3 is 0 Å². The second-order valence-electron chi connectivity index (χ2n) is 7.62. The number of rotatable bonds is 4. The molecule has 0 spiro atoms. The second-order valence-corrected chi connectivity index (χ2v) is 7.62. The Morgan fingerprint density at radius 2 is 1.68 bits per heavy atom. The summed E-state index contributed by atoms with van der Waals surface area (Å²) in [6.45, 7) is 5.36. The number of nitrogens with zero attached hydrogens (tertiary/aromatic N) is 5. The number of para-hydroxylation sites is 1. The Kier molecular flexibility index (Phi) is 4.83. The van der Waals surface area contributed by atoms with Crippen LogP contribution in [0.4, 0.5) is 5.95 Å². The number of hydrogen-bond donors (Lipinski definition) is 2. The molecular weight excluding hydrogens is 390 g/mol. The number of nitrogens with two attached hydrogens (primary N) is 1. The Morgan fingerprint density at radius 3 is 2.35 bits per heavy atom. The maximum Gasteiger partial charge on any atom is 0.269 e. The smallest absolute Gasteiger partial charge is 0.269 e. The number of carbonyl (C=O) groups is 1. The summed E-state index contributed by atoms with van der Waals surface area (Å²) >= 11 is 0. The predicted octanol–water partition coefficient (Wildman–Crippen LogP) is 2.30. The molecule has 0 bridgehead atoms. The number of primary amides is 1. The van der Waals surface area contributed by atoms with Gasteiger partial charge in [0, 0.05) is 31.7 Å². The summed E-state index contributed by atoms with van der Waals surface area (Å²) in [7, 11) is 0. The molecule has 3 N–H and O–H groups in total. The van der Waals surface area contributed by atoms with Gasteiger partial charge in [-0.25, -0.2) is 15.0 Å². The summed E-state index contributed by atoms with van der Waals surface area (Å²) in [4.78, 5) is 28.7. The molecule has 1 fully saturated rings. The summed E-state index contributed by atoms with van der Waals surface area (Å²) in [5.74, 6) is 0.566. The first kappa shape index (κ1) is 19.2. The average molecular weight is 413 g/mol. The molecule has 31 heavy (non-hydrogen) atoms. The molecule has 1 amide bonds. The van der Waals surface area contributed by atoms with Gasteiger partial charge < -0.3 is 16.0 Å². The fourth-order valence-electron chi connectivity index (χ4n) is 3.84. The highest BCUT2D eigenvalue weighted by molar-refractivity contribution is 6.03. The van der Waals surface area contributed by atoms with Crippen LogP contribution < -0.4 is 16.0 Å². The number of fused-ring (bicyclic) bond motifs is 1. The van der Waals surface area contributed by atoms with Gasteiger partial charge in [0.05, 0.1) is 5.69 Å². The maximum absolute atomic E-state index is 12.3. The number of benzene rings is 2. The number of aryl methyl sites for hydroxylation is 1. The highest BCUT2D eigenvalue weighted by Crippen LogP contribution is 2.29. The van der Waals surface area contributed by atoms with Crippen LogP contribution in [0.3, 0.4) is 0 Å². The SMILES string of the molecule is Cc1ccc(-c2nc(C(N)=O)c3nc(N4CCNCC4)n(-c4ccccc4)c3n2)cc1. The molecule has 8 heteroatoms. The van der Waals surface area contributed by atoms with E-state index in [4.69, 9.17) is 15.7 Å². The van der Waals surface area contributed by atoms with Crippen molar-refractivity contribution in [1.29, 1.82) is 0 Å². The first-order valence-corrected chi connectivity index (χ1v) is 10.3. The summed E-state index contributed by atoms with van der Waals surface area (Å²) in [6, 6.07) is 17.8. The minimum atomic E-state index is -0.620. The van der Waals surface area contributed by atoms with Crippen LogP contribution in [0, 0.1) is 6.92 Å². The van der Waals surface area contributed by atoms with Crippen molar-refractivity contribution in [3.05, 3.63) is 65.9 Å².